The highest BCUT2D eigenvalue weighted by molar-refractivity contribution is 8.44. The lowest BCUT2D eigenvalue weighted by Crippen LogP contribution is -2.52. The number of aliphatic hydroxyl groups excluding tert-OH is 1. The molecule has 7 aromatic heterocycles. The molecule has 45 nitrogen and oxygen atoms in total. The molecule has 8 fully saturated rings. The van der Waals surface area contributed by atoms with E-state index >= 15 is 4.57 Å². The number of hydrogen-bond donors (Lipinski definition) is 12. The van der Waals surface area contributed by atoms with E-state index in [-0.39, 0.29) is 63.8 Å². The molecule has 7 aromatic rings. The number of nitrogens with two attached hydrogens (primary N) is 2. The van der Waals surface area contributed by atoms with E-state index in [1.165, 1.54) is 81.9 Å². The first kappa shape index (κ1) is 79.3. The van der Waals surface area contributed by atoms with Crippen LogP contribution in [0.2, 0.25) is 0 Å². The molecule has 15 heterocycles. The number of thiol groups is 1. The predicted molar refractivity (Wildman–Crippen MR) is 388 cm³/mol. The summed E-state index contributed by atoms with van der Waals surface area (Å²) in [7, 11) is 0. The van der Waals surface area contributed by atoms with Gasteiger partial charge in [0.25, 0.3) is 27.8 Å². The van der Waals surface area contributed by atoms with Gasteiger partial charge in [-0.2, -0.15) is 9.97 Å². The summed E-state index contributed by atoms with van der Waals surface area (Å²) in [6.07, 6.45) is -17.0. The maximum Gasteiger partial charge on any atom is 0.386 e. The Hall–Kier alpha value is -5.93. The maximum absolute atomic E-state index is 15.1. The lowest BCUT2D eigenvalue weighted by molar-refractivity contribution is -0.218. The van der Waals surface area contributed by atoms with E-state index in [1.807, 2.05) is 0 Å². The van der Waals surface area contributed by atoms with Crippen LogP contribution < -0.4 is 56.3 Å². The zero-order valence-electron chi connectivity index (χ0n) is 58.4. The average molecular weight is 1700 g/mol. The van der Waals surface area contributed by atoms with Gasteiger partial charge in [-0.25, -0.2) is 28.9 Å². The third-order valence-corrected chi connectivity index (χ3v) is 27.0. The first-order valence-corrected chi connectivity index (χ1v) is 44.2. The zero-order valence-corrected chi connectivity index (χ0v) is 65.3. The summed E-state index contributed by atoms with van der Waals surface area (Å²) < 4.78 is 122. The van der Waals surface area contributed by atoms with Crippen LogP contribution in [0.5, 0.6) is 0 Å². The Morgan fingerprint density at radius 1 is 0.536 bits per heavy atom. The van der Waals surface area contributed by atoms with Crippen LogP contribution >= 0.6 is 39.2 Å². The van der Waals surface area contributed by atoms with E-state index in [2.05, 4.69) is 57.1 Å². The molecule has 9 unspecified atom stereocenters. The van der Waals surface area contributed by atoms with Crippen molar-refractivity contribution in [2.24, 2.45) is 0 Å². The number of aromatic nitrogens is 14. The molecule has 25 atom stereocenters. The molecule has 0 saturated carbocycles. The van der Waals surface area contributed by atoms with Crippen LogP contribution in [0.3, 0.4) is 0 Å². The van der Waals surface area contributed by atoms with E-state index < -0.39 is 226 Å². The van der Waals surface area contributed by atoms with Crippen LogP contribution in [-0.2, 0) is 114 Å². The molecule has 15 rings (SSSR count). The number of aliphatic hydroxyl groups is 1. The minimum absolute atomic E-state index is 0.0117. The number of ether oxygens (including phenoxy) is 8. The molecule has 8 aliphatic rings. The first-order valence-electron chi connectivity index (χ1n) is 33.8. The molecule has 6 bridgehead atoms. The normalized spacial score (nSPS) is 35.2. The highest BCUT2D eigenvalue weighted by Crippen LogP contribution is 2.64. The molecular weight excluding hydrogens is 1620 g/mol. The number of fused-ring (bicyclic) bond motifs is 8. The van der Waals surface area contributed by atoms with Crippen LogP contribution in [0.25, 0.3) is 22.3 Å². The van der Waals surface area contributed by atoms with Crippen LogP contribution in [0.4, 0.5) is 11.9 Å². The standard InChI is InChI=1S/C57H72N16O29P4S4/c1-8-26-27(9-31(94-26)72-18-60-32-40(72)62-50(58)64-45(32)78)99-103(83,107)87-14-29-28(10-30(95-29)69-11-20(2)42(75)66-52(69)80)100-104(84,108)89-16-57-25(7)93-36(49(98-57)73-19-61-33-41(73)63-51(59)65-46(33)79)39(57)102-106(86,110)90-17-56-24(6)92-35(48(97-56)71-13-22(4)44(77)68-54(71)82)38(56)101-105(85,109)88-15-55-23(5)91-34(37(55)74)47(96-55)70-12-21(3)43(76)67-53(70)81/h11-13,18-19,23-31,34-39,47-49,74H,8-10,14-17H2,1-7H3,(H,83,107)(H,84,108)(H,85,109)(H,86,110)(H,66,75,80)(H,67,76,81)(H,68,77,82)(H3,58,62,64,78)(H3,59,63,65,79)/t23-,24-,25-,26+,27?,28?,29+,30+,31+,34-,35-,36-,37?,38?,39?,47+,48+,49+,55+,56+,57+,103?,104?,105?,106?/m0/s1. The van der Waals surface area contributed by atoms with Crippen molar-refractivity contribution >= 4 is 109 Å². The van der Waals surface area contributed by atoms with Gasteiger partial charge in [0.15, 0.2) is 41.0 Å². The van der Waals surface area contributed by atoms with Gasteiger partial charge >= 0.3 is 44.0 Å². The molecule has 53 heteroatoms. The molecule has 0 radical (unpaired) electrons. The number of nitrogen functional groups attached to an aromatic ring is 2. The Bertz CT molecular complexity index is 5580. The number of aromatic amines is 5. The second kappa shape index (κ2) is 28.8. The highest BCUT2D eigenvalue weighted by Gasteiger charge is 2.72. The van der Waals surface area contributed by atoms with Crippen molar-refractivity contribution in [3.05, 3.63) is 131 Å². The van der Waals surface area contributed by atoms with Gasteiger partial charge in [0.1, 0.15) is 78.1 Å². The van der Waals surface area contributed by atoms with Crippen molar-refractivity contribution in [2.75, 3.05) is 37.9 Å². The number of aryl methyl sites for hydroxylation is 3. The van der Waals surface area contributed by atoms with Gasteiger partial charge in [-0.1, -0.05) is 19.2 Å². The van der Waals surface area contributed by atoms with Crippen molar-refractivity contribution < 1.29 is 98.4 Å². The minimum atomic E-state index is -4.90. The van der Waals surface area contributed by atoms with Gasteiger partial charge in [0.05, 0.1) is 69.6 Å². The minimum Gasteiger partial charge on any atom is -0.387 e. The monoisotopic (exact) mass is 1700 g/mol. The van der Waals surface area contributed by atoms with Crippen molar-refractivity contribution in [1.82, 2.24) is 67.7 Å². The second-order valence-corrected chi connectivity index (χ2v) is 38.8. The second-order valence-electron chi connectivity index (χ2n) is 27.5. The topological polar surface area (TPSA) is 589 Å². The summed E-state index contributed by atoms with van der Waals surface area (Å²) >= 11 is 21.4. The van der Waals surface area contributed by atoms with Crippen molar-refractivity contribution in [2.45, 2.75) is 195 Å². The summed E-state index contributed by atoms with van der Waals surface area (Å²) in [5.74, 6) is -0.506. The Labute approximate surface area is 635 Å². The number of H-pyrrole nitrogens is 5. The predicted octanol–water partition coefficient (Wildman–Crippen LogP) is -1.20. The van der Waals surface area contributed by atoms with E-state index in [0.717, 1.165) is 13.7 Å². The molecule has 13 N–H and O–H groups in total. The van der Waals surface area contributed by atoms with Crippen LogP contribution in [0.1, 0.15) is 94.8 Å². The van der Waals surface area contributed by atoms with Gasteiger partial charge in [0, 0.05) is 48.1 Å². The summed E-state index contributed by atoms with van der Waals surface area (Å²) in [6, 6.07) is 0. The third-order valence-electron chi connectivity index (χ3n) is 20.7. The Morgan fingerprint density at radius 2 is 0.936 bits per heavy atom. The van der Waals surface area contributed by atoms with Crippen LogP contribution in [0, 0.1) is 20.8 Å². The fourth-order valence-corrected chi connectivity index (χ4v) is 20.9. The van der Waals surface area contributed by atoms with Gasteiger partial charge in [-0.15, -0.1) is 0 Å². The Kier molecular flexibility index (Phi) is 20.8. The molecular formula is C57H72N16O29P4S4. The van der Waals surface area contributed by atoms with E-state index in [0.29, 0.717) is 6.42 Å². The number of hydrogen-bond acceptors (Lipinski definition) is 35. The smallest absolute Gasteiger partial charge is 0.386 e. The summed E-state index contributed by atoms with van der Waals surface area (Å²) in [4.78, 5) is 168. The molecule has 8 aliphatic heterocycles. The van der Waals surface area contributed by atoms with Gasteiger partial charge in [-0.3, -0.25) is 89.8 Å². The van der Waals surface area contributed by atoms with E-state index in [1.54, 1.807) is 6.92 Å². The summed E-state index contributed by atoms with van der Waals surface area (Å²) in [6.45, 7) is -11.4. The Balaban J connectivity index is 0.691. The van der Waals surface area contributed by atoms with Crippen LogP contribution in [0.15, 0.2) is 69.6 Å². The fourth-order valence-electron chi connectivity index (χ4n) is 15.1. The molecule has 598 valence electrons. The Morgan fingerprint density at radius 3 is 1.46 bits per heavy atom. The van der Waals surface area contributed by atoms with Crippen molar-refractivity contribution in [3.8, 4) is 0 Å². The van der Waals surface area contributed by atoms with Crippen LogP contribution in [-0.4, -0.2) is 210 Å². The SMILES string of the molecule is CC[C@H]1O[C@@H](n2cnc3c(=O)[nH]c(N)nc32)CC1OP(O)(=S)OC[C@H]1O[C@@H](n2cc(C)c(=O)[nH]c2=O)CC1OP(=O)(S)OC[C@@]12O[C@@H](n3cnc4c(=O)[nH]c(N)nc43)[C@@H](O[C@H]1C)C2OP(O)(=S)OC[C@@]12O[C@@H](n3cc(C)c(=O)[nH]c3=O)[C@@H](O[C@H]1C)C2OP(O)(=S)OC[C@@]12O[C@@H](n3cc(C)c(=O)[nH]c3=O)[C@@H](O[C@H]1C)C2O. The lowest BCUT2D eigenvalue weighted by atomic mass is 9.94. The van der Waals surface area contributed by atoms with Crippen molar-refractivity contribution in [1.29, 1.82) is 0 Å². The molecule has 0 amide bonds. The summed E-state index contributed by atoms with van der Waals surface area (Å²) in [5.41, 5.74) is -0.321. The fraction of sp³-hybridized carbons (Fsp3) is 0.614. The third kappa shape index (κ3) is 14.1. The number of nitrogens with zero attached hydrogens (tertiary/aromatic N) is 9. The molecule has 0 aromatic carbocycles. The molecule has 0 aliphatic carbocycles. The summed E-state index contributed by atoms with van der Waals surface area (Å²) in [5, 5.41) is 11.7. The lowest BCUT2D eigenvalue weighted by Gasteiger charge is -2.38. The number of imidazole rings is 2. The average Bonchev–Trinajstić information content (AvgIpc) is 1.55. The number of nitrogens with one attached hydrogen (secondary N) is 5. The van der Waals surface area contributed by atoms with Gasteiger partial charge in [-0.05, 0) is 83.4 Å². The number of anilines is 2. The highest BCUT2D eigenvalue weighted by atomic mass is 32.7. The van der Waals surface area contributed by atoms with Crippen molar-refractivity contribution in [3.63, 3.8) is 0 Å². The molecule has 110 heavy (non-hydrogen) atoms. The van der Waals surface area contributed by atoms with Gasteiger partial charge < -0.3 is 87.2 Å². The molecule has 8 saturated heterocycles. The molecule has 0 spiro atoms. The first-order chi connectivity index (χ1) is 51.7. The largest absolute Gasteiger partial charge is 0.387 e. The van der Waals surface area contributed by atoms with E-state index in [9.17, 15) is 58.1 Å². The quantitative estimate of drug-likeness (QED) is 0.0224. The van der Waals surface area contributed by atoms with E-state index in [4.69, 9.17) is 121 Å². The van der Waals surface area contributed by atoms with Gasteiger partial charge in [0.2, 0.25) is 11.9 Å². The maximum atomic E-state index is 15.1. The zero-order chi connectivity index (χ0) is 78.8. The number of rotatable bonds is 26.